The second-order valence-electron chi connectivity index (χ2n) is 4.48. The molecule has 1 atom stereocenters. The summed E-state index contributed by atoms with van der Waals surface area (Å²) in [5.74, 6) is 2.03. The fourth-order valence-corrected chi connectivity index (χ4v) is 2.21. The van der Waals surface area contributed by atoms with Crippen molar-refractivity contribution in [3.05, 3.63) is 42.0 Å². The molecule has 1 aromatic carbocycles. The number of rotatable bonds is 6. The number of methoxy groups -OCH3 is 2. The van der Waals surface area contributed by atoms with E-state index in [4.69, 9.17) is 9.47 Å². The molecule has 0 amide bonds. The molecule has 0 radical (unpaired) electrons. The average molecular weight is 276 g/mol. The van der Waals surface area contributed by atoms with E-state index in [1.54, 1.807) is 20.4 Å². The lowest BCUT2D eigenvalue weighted by Crippen LogP contribution is -2.10. The number of hydrogen-bond donors (Lipinski definition) is 1. The van der Waals surface area contributed by atoms with Crippen LogP contribution in [0.5, 0.6) is 11.5 Å². The van der Waals surface area contributed by atoms with Gasteiger partial charge in [0.1, 0.15) is 11.9 Å². The first-order valence-corrected chi connectivity index (χ1v) is 6.59. The van der Waals surface area contributed by atoms with Gasteiger partial charge in [0, 0.05) is 25.4 Å². The van der Waals surface area contributed by atoms with E-state index >= 15 is 0 Å². The van der Waals surface area contributed by atoms with E-state index in [1.807, 2.05) is 35.9 Å². The van der Waals surface area contributed by atoms with E-state index < -0.39 is 6.10 Å². The molecule has 5 nitrogen and oxygen atoms in total. The highest BCUT2D eigenvalue weighted by Gasteiger charge is 2.15. The normalized spacial score (nSPS) is 12.2. The van der Waals surface area contributed by atoms with Crippen LogP contribution in [0.15, 0.2) is 30.6 Å². The van der Waals surface area contributed by atoms with Crippen molar-refractivity contribution in [3.8, 4) is 11.5 Å². The number of benzene rings is 1. The van der Waals surface area contributed by atoms with Crippen molar-refractivity contribution in [1.29, 1.82) is 0 Å². The van der Waals surface area contributed by atoms with Gasteiger partial charge in [-0.1, -0.05) is 6.07 Å². The van der Waals surface area contributed by atoms with Gasteiger partial charge < -0.3 is 19.1 Å². The average Bonchev–Trinajstić information content (AvgIpc) is 2.95. The Labute approximate surface area is 118 Å². The summed E-state index contributed by atoms with van der Waals surface area (Å²) < 4.78 is 12.4. The molecule has 0 saturated heterocycles. The Balaban J connectivity index is 2.17. The molecular weight excluding hydrogens is 256 g/mol. The molecule has 2 aromatic rings. The van der Waals surface area contributed by atoms with Crippen LogP contribution >= 0.6 is 0 Å². The van der Waals surface area contributed by atoms with Crippen LogP contribution in [0.4, 0.5) is 0 Å². The summed E-state index contributed by atoms with van der Waals surface area (Å²) in [5, 5.41) is 10.3. The fourth-order valence-electron chi connectivity index (χ4n) is 2.21. The van der Waals surface area contributed by atoms with E-state index in [1.165, 1.54) is 0 Å². The first-order chi connectivity index (χ1) is 9.69. The van der Waals surface area contributed by atoms with E-state index in [9.17, 15) is 5.11 Å². The van der Waals surface area contributed by atoms with Crippen molar-refractivity contribution in [3.63, 3.8) is 0 Å². The summed E-state index contributed by atoms with van der Waals surface area (Å²) >= 11 is 0. The zero-order valence-electron chi connectivity index (χ0n) is 12.0. The van der Waals surface area contributed by atoms with Crippen LogP contribution in [0.3, 0.4) is 0 Å². The summed E-state index contributed by atoms with van der Waals surface area (Å²) in [5.41, 5.74) is 0.973. The quantitative estimate of drug-likeness (QED) is 0.878. The van der Waals surface area contributed by atoms with Crippen molar-refractivity contribution in [2.75, 3.05) is 14.2 Å². The van der Waals surface area contributed by atoms with Gasteiger partial charge >= 0.3 is 0 Å². The van der Waals surface area contributed by atoms with E-state index in [0.29, 0.717) is 23.7 Å². The number of aliphatic hydroxyl groups excluding tert-OH is 1. The molecule has 1 N–H and O–H groups in total. The highest BCUT2D eigenvalue weighted by Crippen LogP contribution is 2.29. The molecule has 1 unspecified atom stereocenters. The largest absolute Gasteiger partial charge is 0.493 e. The molecule has 0 spiro atoms. The fraction of sp³-hybridized carbons (Fsp3) is 0.400. The Hall–Kier alpha value is -2.01. The van der Waals surface area contributed by atoms with Crippen LogP contribution in [0, 0.1) is 0 Å². The topological polar surface area (TPSA) is 56.5 Å². The predicted octanol–water partition coefficient (Wildman–Crippen LogP) is 2.20. The maximum Gasteiger partial charge on any atom is 0.160 e. The lowest BCUT2D eigenvalue weighted by atomic mass is 10.1. The van der Waals surface area contributed by atoms with Gasteiger partial charge in [-0.25, -0.2) is 4.98 Å². The molecule has 108 valence electrons. The van der Waals surface area contributed by atoms with Crippen molar-refractivity contribution in [2.24, 2.45) is 0 Å². The Morgan fingerprint density at radius 2 is 2.00 bits per heavy atom. The Bertz CT molecular complexity index is 566. The molecule has 0 aliphatic carbocycles. The number of aromatic nitrogens is 2. The third-order valence-corrected chi connectivity index (χ3v) is 3.26. The monoisotopic (exact) mass is 276 g/mol. The molecule has 0 aliphatic rings. The molecule has 5 heteroatoms. The molecule has 0 bridgehead atoms. The smallest absolute Gasteiger partial charge is 0.160 e. The summed E-state index contributed by atoms with van der Waals surface area (Å²) in [6, 6.07) is 5.64. The van der Waals surface area contributed by atoms with E-state index in [-0.39, 0.29) is 0 Å². The standard InChI is InChI=1S/C15H20N2O3/c1-4-17-8-7-16-15(17)12(18)9-11-5-6-13(19-2)14(10-11)20-3/h5-8,10,12,18H,4,9H2,1-3H3. The first-order valence-electron chi connectivity index (χ1n) is 6.59. The second kappa shape index (κ2) is 6.43. The number of aryl methyl sites for hydroxylation is 1. The van der Waals surface area contributed by atoms with Gasteiger partial charge in [0.15, 0.2) is 11.5 Å². The zero-order chi connectivity index (χ0) is 14.5. The lowest BCUT2D eigenvalue weighted by molar-refractivity contribution is 0.163. The van der Waals surface area contributed by atoms with Gasteiger partial charge in [-0.05, 0) is 24.6 Å². The SMILES string of the molecule is CCn1ccnc1C(O)Cc1ccc(OC)c(OC)c1. The molecule has 20 heavy (non-hydrogen) atoms. The number of hydrogen-bond acceptors (Lipinski definition) is 4. The number of nitrogens with zero attached hydrogens (tertiary/aromatic N) is 2. The Morgan fingerprint density at radius 1 is 1.25 bits per heavy atom. The summed E-state index contributed by atoms with van der Waals surface area (Å²) in [6.45, 7) is 2.81. The van der Waals surface area contributed by atoms with Crippen LogP contribution in [0.2, 0.25) is 0 Å². The highest BCUT2D eigenvalue weighted by molar-refractivity contribution is 5.43. The molecule has 1 heterocycles. The van der Waals surface area contributed by atoms with Crippen molar-refractivity contribution in [2.45, 2.75) is 26.0 Å². The number of ether oxygens (including phenoxy) is 2. The predicted molar refractivity (Wildman–Crippen MR) is 76.1 cm³/mol. The summed E-state index contributed by atoms with van der Waals surface area (Å²) in [7, 11) is 3.20. The maximum atomic E-state index is 10.3. The van der Waals surface area contributed by atoms with Gasteiger partial charge in [0.25, 0.3) is 0 Å². The molecule has 0 saturated carbocycles. The lowest BCUT2D eigenvalue weighted by Gasteiger charge is -2.14. The van der Waals surface area contributed by atoms with Gasteiger partial charge in [-0.2, -0.15) is 0 Å². The molecule has 0 aliphatic heterocycles. The van der Waals surface area contributed by atoms with Crippen LogP contribution in [0.25, 0.3) is 0 Å². The molecule has 0 fully saturated rings. The minimum Gasteiger partial charge on any atom is -0.493 e. The Kier molecular flexibility index (Phi) is 4.63. The first kappa shape index (κ1) is 14.4. The molecule has 2 rings (SSSR count). The van der Waals surface area contributed by atoms with E-state index in [2.05, 4.69) is 4.98 Å². The van der Waals surface area contributed by atoms with Crippen LogP contribution in [0.1, 0.15) is 24.4 Å². The number of aliphatic hydroxyl groups is 1. The van der Waals surface area contributed by atoms with Gasteiger partial charge in [-0.15, -0.1) is 0 Å². The molecule has 1 aromatic heterocycles. The maximum absolute atomic E-state index is 10.3. The van der Waals surface area contributed by atoms with Crippen LogP contribution in [-0.4, -0.2) is 28.9 Å². The highest BCUT2D eigenvalue weighted by atomic mass is 16.5. The minimum atomic E-state index is -0.636. The third-order valence-electron chi connectivity index (χ3n) is 3.26. The zero-order valence-corrected chi connectivity index (χ0v) is 12.0. The Morgan fingerprint density at radius 3 is 2.65 bits per heavy atom. The number of imidazole rings is 1. The summed E-state index contributed by atoms with van der Waals surface area (Å²) in [6.07, 6.45) is 3.42. The van der Waals surface area contributed by atoms with Crippen molar-refractivity contribution < 1.29 is 14.6 Å². The minimum absolute atomic E-state index is 0.483. The third kappa shape index (κ3) is 2.93. The molecular formula is C15H20N2O3. The van der Waals surface area contributed by atoms with Gasteiger partial charge in [-0.3, -0.25) is 0 Å². The van der Waals surface area contributed by atoms with Crippen molar-refractivity contribution >= 4 is 0 Å². The van der Waals surface area contributed by atoms with Gasteiger partial charge in [0.2, 0.25) is 0 Å². The van der Waals surface area contributed by atoms with Gasteiger partial charge in [0.05, 0.1) is 14.2 Å². The van der Waals surface area contributed by atoms with Crippen LogP contribution < -0.4 is 9.47 Å². The van der Waals surface area contributed by atoms with E-state index in [0.717, 1.165) is 12.1 Å². The summed E-state index contributed by atoms with van der Waals surface area (Å²) in [4.78, 5) is 4.22. The van der Waals surface area contributed by atoms with Crippen LogP contribution in [-0.2, 0) is 13.0 Å². The second-order valence-corrected chi connectivity index (χ2v) is 4.48. The van der Waals surface area contributed by atoms with Crippen molar-refractivity contribution in [1.82, 2.24) is 9.55 Å².